The van der Waals surface area contributed by atoms with Gasteiger partial charge in [-0.25, -0.2) is 0 Å². The van der Waals surface area contributed by atoms with Crippen LogP contribution in [0.25, 0.3) is 0 Å². The zero-order chi connectivity index (χ0) is 19.3. The summed E-state index contributed by atoms with van der Waals surface area (Å²) in [6, 6.07) is 49.7. The second-order valence-corrected chi connectivity index (χ2v) is 6.23. The third-order valence-electron chi connectivity index (χ3n) is 4.21. The van der Waals surface area contributed by atoms with Crippen molar-refractivity contribution in [3.05, 3.63) is 166 Å². The van der Waals surface area contributed by atoms with Gasteiger partial charge in [-0.05, 0) is 20.9 Å². The number of hydrogen-bond donors (Lipinski definition) is 0. The molecule has 4 aliphatic rings. The second kappa shape index (κ2) is 11.2. The van der Waals surface area contributed by atoms with Gasteiger partial charge in [0, 0.05) is 0 Å². The van der Waals surface area contributed by atoms with Gasteiger partial charge >= 0.3 is 0 Å². The Kier molecular flexibility index (Phi) is 7.62. The van der Waals surface area contributed by atoms with Crippen molar-refractivity contribution in [3.63, 3.8) is 0 Å². The van der Waals surface area contributed by atoms with Crippen LogP contribution in [-0.4, -0.2) is 0 Å². The van der Waals surface area contributed by atoms with E-state index in [0.29, 0.717) is 0 Å². The lowest BCUT2D eigenvalue weighted by Crippen LogP contribution is -1.68. The zero-order valence-corrected chi connectivity index (χ0v) is 15.9. The summed E-state index contributed by atoms with van der Waals surface area (Å²) in [4.78, 5) is 0. The molecule has 0 heterocycles. The van der Waals surface area contributed by atoms with Gasteiger partial charge in [0.15, 0.2) is 0 Å². The minimum absolute atomic E-state index is 1.24. The summed E-state index contributed by atoms with van der Waals surface area (Å²) in [5, 5.41) is 4.97. The predicted molar refractivity (Wildman–Crippen MR) is 119 cm³/mol. The predicted octanol–water partition coefficient (Wildman–Crippen LogP) is 7.07. The minimum Gasteiger partial charge on any atom is -0.0622 e. The molecule has 0 spiro atoms. The Hall–Kier alpha value is -3.64. The molecular formula is C28H24. The van der Waals surface area contributed by atoms with Gasteiger partial charge in [0.1, 0.15) is 0 Å². The molecule has 0 saturated heterocycles. The van der Waals surface area contributed by atoms with Gasteiger partial charge < -0.3 is 0 Å². The highest BCUT2D eigenvalue weighted by molar-refractivity contribution is 5.14. The van der Waals surface area contributed by atoms with E-state index in [2.05, 4.69) is 97.1 Å². The van der Waals surface area contributed by atoms with Crippen molar-refractivity contribution < 1.29 is 0 Å². The molecule has 0 N–H and O–H groups in total. The van der Waals surface area contributed by atoms with Crippen LogP contribution in [0.1, 0.15) is 0 Å². The second-order valence-electron chi connectivity index (χ2n) is 6.23. The van der Waals surface area contributed by atoms with E-state index >= 15 is 0 Å². The highest BCUT2D eigenvalue weighted by atomic mass is 13.8. The minimum atomic E-state index is 1.24. The molecule has 0 aromatic rings. The lowest BCUT2D eigenvalue weighted by Gasteiger charge is -1.85. The Morgan fingerprint density at radius 1 is 0.179 bits per heavy atom. The summed E-state index contributed by atoms with van der Waals surface area (Å²) in [6.45, 7) is 0. The summed E-state index contributed by atoms with van der Waals surface area (Å²) in [5.41, 5.74) is 0. The Morgan fingerprint density at radius 2 is 0.321 bits per heavy atom. The number of hydrogen-bond acceptors (Lipinski definition) is 0. The van der Waals surface area contributed by atoms with E-state index in [-0.39, 0.29) is 0 Å². The summed E-state index contributed by atoms with van der Waals surface area (Å²) < 4.78 is 0. The molecule has 136 valence electrons. The highest BCUT2D eigenvalue weighted by Crippen LogP contribution is 1.96. The highest BCUT2D eigenvalue weighted by Gasteiger charge is 1.78. The third kappa shape index (κ3) is 6.26. The monoisotopic (exact) mass is 360 g/mol. The van der Waals surface area contributed by atoms with Crippen molar-refractivity contribution in [2.24, 2.45) is 0 Å². The largest absolute Gasteiger partial charge is 0.0622 e. The zero-order valence-electron chi connectivity index (χ0n) is 15.9. The van der Waals surface area contributed by atoms with Crippen LogP contribution in [0.15, 0.2) is 146 Å². The van der Waals surface area contributed by atoms with Crippen molar-refractivity contribution in [3.8, 4) is 0 Å². The lowest BCUT2D eigenvalue weighted by atomic mass is 10.2. The summed E-state index contributed by atoms with van der Waals surface area (Å²) in [6.07, 6.45) is 0. The molecule has 0 aromatic heterocycles. The summed E-state index contributed by atoms with van der Waals surface area (Å²) >= 11 is 0. The van der Waals surface area contributed by atoms with Crippen molar-refractivity contribution in [1.29, 1.82) is 0 Å². The van der Waals surface area contributed by atoms with E-state index < -0.39 is 0 Å². The Balaban J connectivity index is 0.000000161. The first-order chi connectivity index (χ1) is 13.9. The Bertz CT molecular complexity index is 940. The smallest absolute Gasteiger partial charge is 0.0184 e. The first-order valence-corrected chi connectivity index (χ1v) is 9.48. The van der Waals surface area contributed by atoms with Crippen molar-refractivity contribution in [2.45, 2.75) is 0 Å². The van der Waals surface area contributed by atoms with Crippen LogP contribution < -0.4 is 0 Å². The van der Waals surface area contributed by atoms with Crippen LogP contribution in [0.3, 0.4) is 0 Å². The van der Waals surface area contributed by atoms with Gasteiger partial charge in [-0.15, -0.1) is 0 Å². The first kappa shape index (κ1) is 19.1. The molecule has 0 radical (unpaired) electrons. The molecule has 0 heteroatoms. The normalized spacial score (nSPS) is 9.43. The average Bonchev–Trinajstić information content (AvgIpc) is 2.64. The standard InChI is InChI=1S/2C14H12/c2*1-2-6-10-14-12-8-4-3-7-11-13(14)9-5-1/h2*1-12H. The fourth-order valence-electron chi connectivity index (χ4n) is 2.78. The molecule has 0 aromatic carbocycles. The SMILES string of the molecule is c1cccc2ccccccc=2cc1.c1cccc2ccccccc=2cc1. The van der Waals surface area contributed by atoms with Crippen molar-refractivity contribution >= 4 is 0 Å². The molecular weight excluding hydrogens is 336 g/mol. The lowest BCUT2D eigenvalue weighted by molar-refractivity contribution is 1.50. The van der Waals surface area contributed by atoms with Crippen molar-refractivity contribution in [2.75, 3.05) is 0 Å². The molecule has 0 nitrogen and oxygen atoms in total. The molecule has 0 saturated carbocycles. The summed E-state index contributed by atoms with van der Waals surface area (Å²) in [5.74, 6) is 0. The molecule has 0 fully saturated rings. The molecule has 28 heavy (non-hydrogen) atoms. The maximum absolute atomic E-state index is 2.12. The Morgan fingerprint density at radius 3 is 0.464 bits per heavy atom. The van der Waals surface area contributed by atoms with E-state index in [1.807, 2.05) is 48.5 Å². The fraction of sp³-hybridized carbons (Fsp3) is 0. The third-order valence-corrected chi connectivity index (χ3v) is 4.21. The molecule has 0 bridgehead atoms. The van der Waals surface area contributed by atoms with E-state index in [1.165, 1.54) is 20.9 Å². The van der Waals surface area contributed by atoms with Crippen LogP contribution >= 0.6 is 0 Å². The van der Waals surface area contributed by atoms with Crippen LogP contribution in [0.5, 0.6) is 0 Å². The van der Waals surface area contributed by atoms with Gasteiger partial charge in [0.05, 0.1) is 0 Å². The molecule has 0 atom stereocenters. The maximum atomic E-state index is 2.12. The topological polar surface area (TPSA) is 0 Å². The average molecular weight is 361 g/mol. The van der Waals surface area contributed by atoms with E-state index in [0.717, 1.165) is 0 Å². The molecule has 0 amide bonds. The van der Waals surface area contributed by atoms with Crippen molar-refractivity contribution in [1.82, 2.24) is 0 Å². The fourth-order valence-corrected chi connectivity index (χ4v) is 2.78. The first-order valence-electron chi connectivity index (χ1n) is 9.48. The van der Waals surface area contributed by atoms with Gasteiger partial charge in [-0.2, -0.15) is 0 Å². The molecule has 4 rings (SSSR count). The van der Waals surface area contributed by atoms with E-state index in [9.17, 15) is 0 Å². The van der Waals surface area contributed by atoms with Gasteiger partial charge in [-0.1, -0.05) is 146 Å². The van der Waals surface area contributed by atoms with Crippen LogP contribution in [0.4, 0.5) is 0 Å². The quantitative estimate of drug-likeness (QED) is 0.314. The molecule has 0 unspecified atom stereocenters. The van der Waals surface area contributed by atoms with Gasteiger partial charge in [-0.3, -0.25) is 0 Å². The van der Waals surface area contributed by atoms with Crippen LogP contribution in [0, 0.1) is 20.9 Å². The number of rotatable bonds is 0. The van der Waals surface area contributed by atoms with Crippen LogP contribution in [0.2, 0.25) is 0 Å². The van der Waals surface area contributed by atoms with E-state index in [4.69, 9.17) is 0 Å². The molecule has 4 aliphatic carbocycles. The van der Waals surface area contributed by atoms with Gasteiger partial charge in [0.2, 0.25) is 0 Å². The van der Waals surface area contributed by atoms with Crippen LogP contribution in [-0.2, 0) is 0 Å². The molecule has 0 aliphatic heterocycles. The summed E-state index contributed by atoms with van der Waals surface area (Å²) in [7, 11) is 0. The maximum Gasteiger partial charge on any atom is -0.0184 e. The Labute approximate surface area is 166 Å². The van der Waals surface area contributed by atoms with Gasteiger partial charge in [0.25, 0.3) is 0 Å². The van der Waals surface area contributed by atoms with E-state index in [1.54, 1.807) is 0 Å².